The maximum absolute atomic E-state index is 12.1. The molecule has 0 unspecified atom stereocenters. The standard InChI is InChI=1S/C14H17ClO4S/c1-14(2,13(16)17)8-9-3-6-12(11(15)7-9)20(18,19)10-4-5-10/h3,6-7,10H,4-5,8H2,1-2H3,(H,16,17). The van der Waals surface area contributed by atoms with E-state index in [1.165, 1.54) is 6.07 Å². The van der Waals surface area contributed by atoms with Crippen molar-refractivity contribution < 1.29 is 18.3 Å². The van der Waals surface area contributed by atoms with Gasteiger partial charge in [-0.2, -0.15) is 0 Å². The van der Waals surface area contributed by atoms with Crippen LogP contribution in [0, 0.1) is 5.41 Å². The van der Waals surface area contributed by atoms with Gasteiger partial charge in [0.25, 0.3) is 0 Å². The lowest BCUT2D eigenvalue weighted by atomic mass is 9.86. The van der Waals surface area contributed by atoms with Crippen LogP contribution in [0.1, 0.15) is 32.3 Å². The zero-order chi connectivity index (χ0) is 15.1. The van der Waals surface area contributed by atoms with Gasteiger partial charge in [-0.25, -0.2) is 8.42 Å². The molecule has 0 aliphatic heterocycles. The summed E-state index contributed by atoms with van der Waals surface area (Å²) in [7, 11) is -3.32. The third-order valence-electron chi connectivity index (χ3n) is 3.49. The molecule has 0 spiro atoms. The van der Waals surface area contributed by atoms with Crippen molar-refractivity contribution in [2.45, 2.75) is 43.3 Å². The van der Waals surface area contributed by atoms with E-state index in [2.05, 4.69) is 0 Å². The highest BCUT2D eigenvalue weighted by Crippen LogP contribution is 2.37. The second kappa shape index (κ2) is 5.04. The number of benzene rings is 1. The number of carboxylic acid groups (broad SMARTS) is 1. The van der Waals surface area contributed by atoms with Crippen LogP contribution >= 0.6 is 11.6 Å². The summed E-state index contributed by atoms with van der Waals surface area (Å²) >= 11 is 6.07. The number of carbonyl (C=O) groups is 1. The Morgan fingerprint density at radius 1 is 1.40 bits per heavy atom. The predicted molar refractivity (Wildman–Crippen MR) is 76.8 cm³/mol. The highest BCUT2D eigenvalue weighted by atomic mass is 35.5. The van der Waals surface area contributed by atoms with Crippen molar-refractivity contribution in [3.05, 3.63) is 28.8 Å². The first-order valence-corrected chi connectivity index (χ1v) is 8.33. The maximum atomic E-state index is 12.1. The zero-order valence-corrected chi connectivity index (χ0v) is 13.0. The molecule has 0 atom stereocenters. The van der Waals surface area contributed by atoms with Crippen molar-refractivity contribution in [2.75, 3.05) is 0 Å². The Morgan fingerprint density at radius 3 is 2.45 bits per heavy atom. The molecule has 2 rings (SSSR count). The van der Waals surface area contributed by atoms with Crippen LogP contribution in [-0.2, 0) is 21.1 Å². The molecule has 0 aromatic heterocycles. The minimum absolute atomic E-state index is 0.151. The third kappa shape index (κ3) is 2.99. The fraction of sp³-hybridized carbons (Fsp3) is 0.500. The first-order valence-electron chi connectivity index (χ1n) is 6.40. The minimum atomic E-state index is -3.32. The first kappa shape index (κ1) is 15.3. The van der Waals surface area contributed by atoms with E-state index in [-0.39, 0.29) is 15.2 Å². The Morgan fingerprint density at radius 2 is 2.00 bits per heavy atom. The van der Waals surface area contributed by atoms with Gasteiger partial charge in [0.15, 0.2) is 9.84 Å². The quantitative estimate of drug-likeness (QED) is 0.906. The Labute approximate surface area is 123 Å². The van der Waals surface area contributed by atoms with E-state index < -0.39 is 21.2 Å². The fourth-order valence-electron chi connectivity index (χ4n) is 2.03. The van der Waals surface area contributed by atoms with Crippen LogP contribution in [0.15, 0.2) is 23.1 Å². The highest BCUT2D eigenvalue weighted by Gasteiger charge is 2.38. The largest absolute Gasteiger partial charge is 0.481 e. The Kier molecular flexibility index (Phi) is 3.86. The number of rotatable bonds is 5. The molecular formula is C14H17ClO4S. The van der Waals surface area contributed by atoms with Gasteiger partial charge in [0.1, 0.15) is 0 Å². The van der Waals surface area contributed by atoms with Gasteiger partial charge in [0, 0.05) is 0 Å². The monoisotopic (exact) mass is 316 g/mol. The molecule has 0 amide bonds. The number of carboxylic acids is 1. The van der Waals surface area contributed by atoms with E-state index in [0.717, 1.165) is 5.56 Å². The van der Waals surface area contributed by atoms with Gasteiger partial charge in [-0.3, -0.25) is 4.79 Å². The molecule has 6 heteroatoms. The van der Waals surface area contributed by atoms with Crippen LogP contribution < -0.4 is 0 Å². The molecule has 110 valence electrons. The van der Waals surface area contributed by atoms with Crippen LogP contribution in [0.5, 0.6) is 0 Å². The van der Waals surface area contributed by atoms with Crippen LogP contribution in [0.4, 0.5) is 0 Å². The van der Waals surface area contributed by atoms with E-state index in [4.69, 9.17) is 16.7 Å². The van der Waals surface area contributed by atoms with Crippen LogP contribution in [-0.4, -0.2) is 24.7 Å². The molecule has 0 radical (unpaired) electrons. The fourth-order valence-corrected chi connectivity index (χ4v) is 4.26. The predicted octanol–water partition coefficient (Wildman–Crippen LogP) is 2.93. The molecule has 4 nitrogen and oxygen atoms in total. The molecule has 1 fully saturated rings. The number of sulfone groups is 1. The lowest BCUT2D eigenvalue weighted by molar-refractivity contribution is -0.146. The molecule has 1 aliphatic rings. The van der Waals surface area contributed by atoms with Gasteiger partial charge in [0.05, 0.1) is 20.6 Å². The van der Waals surface area contributed by atoms with Crippen LogP contribution in [0.3, 0.4) is 0 Å². The number of halogens is 1. The van der Waals surface area contributed by atoms with E-state index in [1.54, 1.807) is 26.0 Å². The molecule has 1 aromatic rings. The summed E-state index contributed by atoms with van der Waals surface area (Å²) in [6, 6.07) is 4.69. The van der Waals surface area contributed by atoms with Crippen molar-refractivity contribution in [3.63, 3.8) is 0 Å². The summed E-state index contributed by atoms with van der Waals surface area (Å²) < 4.78 is 24.3. The van der Waals surface area contributed by atoms with Gasteiger partial charge < -0.3 is 5.11 Å². The van der Waals surface area contributed by atoms with Gasteiger partial charge in [-0.05, 0) is 50.8 Å². The van der Waals surface area contributed by atoms with Gasteiger partial charge in [-0.1, -0.05) is 17.7 Å². The van der Waals surface area contributed by atoms with Gasteiger partial charge in [-0.15, -0.1) is 0 Å². The SMILES string of the molecule is CC(C)(Cc1ccc(S(=O)(=O)C2CC2)c(Cl)c1)C(=O)O. The van der Waals surface area contributed by atoms with E-state index in [0.29, 0.717) is 19.3 Å². The summed E-state index contributed by atoms with van der Waals surface area (Å²) in [5.41, 5.74) is -0.197. The van der Waals surface area contributed by atoms with E-state index >= 15 is 0 Å². The zero-order valence-electron chi connectivity index (χ0n) is 11.4. The number of hydrogen-bond acceptors (Lipinski definition) is 3. The average molecular weight is 317 g/mol. The molecule has 0 bridgehead atoms. The Hall–Kier alpha value is -1.07. The number of hydrogen-bond donors (Lipinski definition) is 1. The van der Waals surface area contributed by atoms with Crippen molar-refractivity contribution in [2.24, 2.45) is 5.41 Å². The molecule has 1 aromatic carbocycles. The summed E-state index contributed by atoms with van der Waals surface area (Å²) in [4.78, 5) is 11.3. The first-order chi connectivity index (χ1) is 9.14. The van der Waals surface area contributed by atoms with E-state index in [1.807, 2.05) is 0 Å². The molecule has 1 saturated carbocycles. The van der Waals surface area contributed by atoms with Gasteiger partial charge in [0.2, 0.25) is 0 Å². The van der Waals surface area contributed by atoms with Gasteiger partial charge >= 0.3 is 5.97 Å². The third-order valence-corrected chi connectivity index (χ3v) is 6.23. The Bertz CT molecular complexity index is 645. The molecule has 0 heterocycles. The number of aliphatic carboxylic acids is 1. The summed E-state index contributed by atoms with van der Waals surface area (Å²) in [6.07, 6.45) is 1.67. The van der Waals surface area contributed by atoms with Crippen molar-refractivity contribution in [1.29, 1.82) is 0 Å². The topological polar surface area (TPSA) is 71.4 Å². The second-order valence-corrected chi connectivity index (χ2v) is 8.48. The lowest BCUT2D eigenvalue weighted by Gasteiger charge is -2.19. The van der Waals surface area contributed by atoms with Crippen LogP contribution in [0.2, 0.25) is 5.02 Å². The van der Waals surface area contributed by atoms with Crippen molar-refractivity contribution >= 4 is 27.4 Å². The highest BCUT2D eigenvalue weighted by molar-refractivity contribution is 7.92. The maximum Gasteiger partial charge on any atom is 0.309 e. The minimum Gasteiger partial charge on any atom is -0.481 e. The normalized spacial score (nSPS) is 16.1. The smallest absolute Gasteiger partial charge is 0.309 e. The molecule has 20 heavy (non-hydrogen) atoms. The molecule has 1 aliphatic carbocycles. The molecule has 1 N–H and O–H groups in total. The second-order valence-electron chi connectivity index (χ2n) is 5.87. The summed E-state index contributed by atoms with van der Waals surface area (Å²) in [5.74, 6) is -0.900. The van der Waals surface area contributed by atoms with Crippen molar-refractivity contribution in [1.82, 2.24) is 0 Å². The lowest BCUT2D eigenvalue weighted by Crippen LogP contribution is -2.26. The Balaban J connectivity index is 2.29. The van der Waals surface area contributed by atoms with Crippen LogP contribution in [0.25, 0.3) is 0 Å². The molecular weight excluding hydrogens is 300 g/mol. The molecule has 0 saturated heterocycles. The summed E-state index contributed by atoms with van der Waals surface area (Å²) in [5, 5.41) is 8.98. The average Bonchev–Trinajstić information content (AvgIpc) is 3.11. The van der Waals surface area contributed by atoms with E-state index in [9.17, 15) is 13.2 Å². The summed E-state index contributed by atoms with van der Waals surface area (Å²) in [6.45, 7) is 3.25. The van der Waals surface area contributed by atoms with Crippen molar-refractivity contribution in [3.8, 4) is 0 Å².